The lowest BCUT2D eigenvalue weighted by Gasteiger charge is -2.21. The van der Waals surface area contributed by atoms with Gasteiger partial charge in [0.05, 0.1) is 59.5 Å². The summed E-state index contributed by atoms with van der Waals surface area (Å²) in [5, 5.41) is 3.41. The van der Waals surface area contributed by atoms with Crippen molar-refractivity contribution in [1.82, 2.24) is 5.32 Å². The Kier molecular flexibility index (Phi) is 23.7. The first-order valence-corrected chi connectivity index (χ1v) is 14.0. The molecule has 0 atom stereocenters. The molecule has 0 unspecified atom stereocenters. The quantitative estimate of drug-likeness (QED) is 0.158. The lowest BCUT2D eigenvalue weighted by atomic mass is 9.91. The number of hydrogen-bond donors (Lipinski definition) is 1. The van der Waals surface area contributed by atoms with Crippen LogP contribution in [0.5, 0.6) is 0 Å². The van der Waals surface area contributed by atoms with E-state index >= 15 is 0 Å². The molecular formula is C30H65NO6. The third-order valence-electron chi connectivity index (χ3n) is 5.27. The largest absolute Gasteiger partial charge is 0.379 e. The third-order valence-corrected chi connectivity index (χ3v) is 5.27. The van der Waals surface area contributed by atoms with Gasteiger partial charge in [0.25, 0.3) is 0 Å². The Morgan fingerprint density at radius 1 is 0.514 bits per heavy atom. The van der Waals surface area contributed by atoms with Crippen molar-refractivity contribution < 1.29 is 28.4 Å². The molecule has 0 rings (SSSR count). The summed E-state index contributed by atoms with van der Waals surface area (Å²) in [6.45, 7) is 27.4. The van der Waals surface area contributed by atoms with E-state index in [0.29, 0.717) is 70.3 Å². The molecule has 0 spiro atoms. The first-order valence-electron chi connectivity index (χ1n) is 14.0. The van der Waals surface area contributed by atoms with Crippen LogP contribution in [0, 0.1) is 10.8 Å². The molecule has 0 amide bonds. The molecule has 226 valence electrons. The first kappa shape index (κ1) is 38.9. The maximum atomic E-state index is 5.98. The molecule has 0 heterocycles. The Labute approximate surface area is 231 Å². The fourth-order valence-corrected chi connectivity index (χ4v) is 3.30. The molecule has 37 heavy (non-hydrogen) atoms. The molecule has 0 aliphatic heterocycles. The average molecular weight is 536 g/mol. The van der Waals surface area contributed by atoms with Crippen LogP contribution in [0.3, 0.4) is 0 Å². The lowest BCUT2D eigenvalue weighted by molar-refractivity contribution is -0.0833. The maximum Gasteiger partial charge on any atom is 0.104 e. The molecule has 0 aliphatic carbocycles. The van der Waals surface area contributed by atoms with Crippen molar-refractivity contribution in [1.29, 1.82) is 0 Å². The molecule has 7 heteroatoms. The Morgan fingerprint density at radius 2 is 0.919 bits per heavy atom. The van der Waals surface area contributed by atoms with E-state index in [9.17, 15) is 0 Å². The number of ether oxygens (including phenoxy) is 6. The standard InChI is InChI=1S/C29H61NO6.CH4/c1-27(2,3)12-10-15-31-18-20-34-24-26(36-23-22-33-17-14-30-29(7,8)9)25-35-21-19-32-16-11-13-28(4,5)6;/h26,30H,10-25H2,1-9H3;1H4. The van der Waals surface area contributed by atoms with Crippen molar-refractivity contribution in [2.75, 3.05) is 79.2 Å². The summed E-state index contributed by atoms with van der Waals surface area (Å²) in [6.07, 6.45) is 4.34. The molecule has 0 aromatic heterocycles. The average Bonchev–Trinajstić information content (AvgIpc) is 2.73. The Bertz CT molecular complexity index is 452. The van der Waals surface area contributed by atoms with Crippen LogP contribution in [0.1, 0.15) is 95.4 Å². The summed E-state index contributed by atoms with van der Waals surface area (Å²) in [7, 11) is 0. The van der Waals surface area contributed by atoms with Crippen LogP contribution in [0.15, 0.2) is 0 Å². The third kappa shape index (κ3) is 33.7. The number of hydrogen-bond acceptors (Lipinski definition) is 7. The predicted octanol–water partition coefficient (Wildman–Crippen LogP) is 6.13. The summed E-state index contributed by atoms with van der Waals surface area (Å²) in [5.74, 6) is 0. The topological polar surface area (TPSA) is 67.4 Å². The lowest BCUT2D eigenvalue weighted by Crippen LogP contribution is -2.38. The first-order chi connectivity index (χ1) is 16.8. The smallest absolute Gasteiger partial charge is 0.104 e. The van der Waals surface area contributed by atoms with Gasteiger partial charge in [-0.25, -0.2) is 0 Å². The van der Waals surface area contributed by atoms with E-state index in [4.69, 9.17) is 28.4 Å². The zero-order valence-corrected chi connectivity index (χ0v) is 25.3. The van der Waals surface area contributed by atoms with E-state index in [1.165, 1.54) is 0 Å². The van der Waals surface area contributed by atoms with Crippen LogP contribution in [-0.4, -0.2) is 90.9 Å². The Balaban J connectivity index is 0. The van der Waals surface area contributed by atoms with Crippen LogP contribution in [0.25, 0.3) is 0 Å². The zero-order chi connectivity index (χ0) is 27.3. The highest BCUT2D eigenvalue weighted by molar-refractivity contribution is 4.69. The van der Waals surface area contributed by atoms with E-state index in [1.54, 1.807) is 0 Å². The van der Waals surface area contributed by atoms with E-state index in [1.807, 2.05) is 0 Å². The van der Waals surface area contributed by atoms with Gasteiger partial charge in [-0.05, 0) is 57.3 Å². The highest BCUT2D eigenvalue weighted by Gasteiger charge is 2.12. The Hall–Kier alpha value is -0.280. The van der Waals surface area contributed by atoms with E-state index in [2.05, 4.69) is 67.6 Å². The summed E-state index contributed by atoms with van der Waals surface area (Å²) in [5.41, 5.74) is 0.815. The van der Waals surface area contributed by atoms with Gasteiger partial charge in [0.2, 0.25) is 0 Å². The summed E-state index contributed by atoms with van der Waals surface area (Å²) in [6, 6.07) is 0. The zero-order valence-electron chi connectivity index (χ0n) is 25.3. The number of rotatable bonds is 23. The second kappa shape index (κ2) is 22.5. The van der Waals surface area contributed by atoms with E-state index in [0.717, 1.165) is 45.4 Å². The molecule has 0 fully saturated rings. The summed E-state index contributed by atoms with van der Waals surface area (Å²) < 4.78 is 34.7. The van der Waals surface area contributed by atoms with Gasteiger partial charge in [0.15, 0.2) is 0 Å². The summed E-state index contributed by atoms with van der Waals surface area (Å²) in [4.78, 5) is 0. The molecule has 0 aromatic rings. The fraction of sp³-hybridized carbons (Fsp3) is 1.00. The fourth-order valence-electron chi connectivity index (χ4n) is 3.30. The van der Waals surface area contributed by atoms with Crippen molar-refractivity contribution >= 4 is 0 Å². The second-order valence-electron chi connectivity index (χ2n) is 13.0. The van der Waals surface area contributed by atoms with Gasteiger partial charge in [0, 0.05) is 25.3 Å². The monoisotopic (exact) mass is 535 g/mol. The molecule has 0 bridgehead atoms. The van der Waals surface area contributed by atoms with Gasteiger partial charge in [-0.3, -0.25) is 0 Å². The normalized spacial score (nSPS) is 12.8. The van der Waals surface area contributed by atoms with Gasteiger partial charge >= 0.3 is 0 Å². The van der Waals surface area contributed by atoms with E-state index in [-0.39, 0.29) is 19.1 Å². The predicted molar refractivity (Wildman–Crippen MR) is 156 cm³/mol. The molecule has 0 saturated carbocycles. The van der Waals surface area contributed by atoms with Crippen molar-refractivity contribution in [3.63, 3.8) is 0 Å². The minimum Gasteiger partial charge on any atom is -0.379 e. The SMILES string of the molecule is C.CC(C)(C)CCCOCCOCC(COCCOCCCC(C)(C)C)OCCOCCNC(C)(C)C. The van der Waals surface area contributed by atoms with Crippen molar-refractivity contribution in [3.8, 4) is 0 Å². The van der Waals surface area contributed by atoms with Crippen LogP contribution >= 0.6 is 0 Å². The van der Waals surface area contributed by atoms with E-state index < -0.39 is 0 Å². The minimum atomic E-state index is -0.136. The highest BCUT2D eigenvalue weighted by atomic mass is 16.6. The molecule has 1 N–H and O–H groups in total. The van der Waals surface area contributed by atoms with Crippen LogP contribution in [0.2, 0.25) is 0 Å². The number of nitrogens with one attached hydrogen (secondary N) is 1. The Morgan fingerprint density at radius 3 is 1.35 bits per heavy atom. The second-order valence-corrected chi connectivity index (χ2v) is 13.0. The maximum absolute atomic E-state index is 5.98. The van der Waals surface area contributed by atoms with Gasteiger partial charge in [-0.15, -0.1) is 0 Å². The van der Waals surface area contributed by atoms with Crippen LogP contribution < -0.4 is 5.32 Å². The van der Waals surface area contributed by atoms with Crippen LogP contribution in [0.4, 0.5) is 0 Å². The molecule has 0 aromatic carbocycles. The van der Waals surface area contributed by atoms with Gasteiger partial charge in [-0.2, -0.15) is 0 Å². The van der Waals surface area contributed by atoms with Gasteiger partial charge in [0.1, 0.15) is 6.10 Å². The van der Waals surface area contributed by atoms with Crippen molar-refractivity contribution in [3.05, 3.63) is 0 Å². The van der Waals surface area contributed by atoms with Crippen molar-refractivity contribution in [2.24, 2.45) is 10.8 Å². The molecular weight excluding hydrogens is 470 g/mol. The van der Waals surface area contributed by atoms with Crippen molar-refractivity contribution in [2.45, 2.75) is 107 Å². The summed E-state index contributed by atoms with van der Waals surface area (Å²) >= 11 is 0. The van der Waals surface area contributed by atoms with Crippen LogP contribution in [-0.2, 0) is 28.4 Å². The van der Waals surface area contributed by atoms with Gasteiger partial charge in [-0.1, -0.05) is 49.0 Å². The molecule has 0 aliphatic rings. The molecule has 7 nitrogen and oxygen atoms in total. The minimum absolute atomic E-state index is 0. The van der Waals surface area contributed by atoms with Gasteiger partial charge < -0.3 is 33.7 Å². The molecule has 0 saturated heterocycles. The molecule has 0 radical (unpaired) electrons. The highest BCUT2D eigenvalue weighted by Crippen LogP contribution is 2.20.